The van der Waals surface area contributed by atoms with E-state index in [0.717, 1.165) is 21.9 Å². The molecule has 0 radical (unpaired) electrons. The van der Waals surface area contributed by atoms with Crippen molar-refractivity contribution in [2.75, 3.05) is 5.32 Å². The van der Waals surface area contributed by atoms with Gasteiger partial charge in [0, 0.05) is 16.5 Å². The highest BCUT2D eigenvalue weighted by atomic mass is 16.3. The largest absolute Gasteiger partial charge is 0.456 e. The first-order chi connectivity index (χ1) is 10.2. The van der Waals surface area contributed by atoms with Crippen molar-refractivity contribution in [1.29, 1.82) is 0 Å². The topological polar surface area (TPSA) is 68.3 Å². The van der Waals surface area contributed by atoms with Gasteiger partial charge in [0.1, 0.15) is 11.2 Å². The van der Waals surface area contributed by atoms with Gasteiger partial charge in [-0.05, 0) is 30.7 Å². The average Bonchev–Trinajstić information content (AvgIpc) is 2.85. The van der Waals surface area contributed by atoms with Gasteiger partial charge >= 0.3 is 0 Å². The van der Waals surface area contributed by atoms with Crippen LogP contribution in [-0.4, -0.2) is 11.9 Å². The average molecular weight is 280 g/mol. The molecule has 0 aliphatic rings. The lowest BCUT2D eigenvalue weighted by atomic mass is 10.1. The summed E-state index contributed by atoms with van der Waals surface area (Å²) in [5.41, 5.74) is 8.09. The zero-order valence-electron chi connectivity index (χ0n) is 11.5. The lowest BCUT2D eigenvalue weighted by Gasteiger charge is -2.10. The Morgan fingerprint density at radius 1 is 1.24 bits per heavy atom. The summed E-state index contributed by atoms with van der Waals surface area (Å²) in [5, 5.41) is 4.82. The minimum atomic E-state index is -0.584. The quantitative estimate of drug-likeness (QED) is 0.719. The van der Waals surface area contributed by atoms with Crippen molar-refractivity contribution in [1.82, 2.24) is 0 Å². The third-order valence-corrected chi connectivity index (χ3v) is 3.40. The van der Waals surface area contributed by atoms with Crippen LogP contribution in [0, 0.1) is 0 Å². The maximum atomic E-state index is 11.9. The number of hydrogen-bond donors (Lipinski definition) is 2. The van der Waals surface area contributed by atoms with Crippen molar-refractivity contribution in [2.45, 2.75) is 12.5 Å². The van der Waals surface area contributed by atoms with Crippen LogP contribution in [0.15, 0.2) is 59.5 Å². The van der Waals surface area contributed by atoms with Crippen LogP contribution in [0.5, 0.6) is 0 Å². The van der Waals surface area contributed by atoms with Crippen molar-refractivity contribution < 1.29 is 9.21 Å². The summed E-state index contributed by atoms with van der Waals surface area (Å²) in [6.07, 6.45) is 2.08. The minimum Gasteiger partial charge on any atom is -0.456 e. The Kier molecular flexibility index (Phi) is 3.46. The van der Waals surface area contributed by atoms with Gasteiger partial charge in [-0.25, -0.2) is 0 Å². The highest BCUT2D eigenvalue weighted by molar-refractivity contribution is 6.07. The van der Waals surface area contributed by atoms with Gasteiger partial charge in [0.15, 0.2) is 0 Å². The summed E-state index contributed by atoms with van der Waals surface area (Å²) < 4.78 is 5.75. The number of furan rings is 1. The number of rotatable bonds is 4. The Bertz CT molecular complexity index is 820. The minimum absolute atomic E-state index is 0.220. The van der Waals surface area contributed by atoms with E-state index in [-0.39, 0.29) is 5.91 Å². The van der Waals surface area contributed by atoms with Crippen molar-refractivity contribution in [3.05, 3.63) is 55.1 Å². The van der Waals surface area contributed by atoms with Crippen LogP contribution in [-0.2, 0) is 4.79 Å². The van der Waals surface area contributed by atoms with E-state index >= 15 is 0 Å². The number of fused-ring (bicyclic) bond motifs is 3. The smallest absolute Gasteiger partial charge is 0.241 e. The van der Waals surface area contributed by atoms with Crippen LogP contribution >= 0.6 is 0 Å². The molecule has 1 heterocycles. The van der Waals surface area contributed by atoms with E-state index in [2.05, 4.69) is 11.9 Å². The number of para-hydroxylation sites is 1. The second-order valence-corrected chi connectivity index (χ2v) is 4.93. The molecule has 0 saturated heterocycles. The van der Waals surface area contributed by atoms with Crippen molar-refractivity contribution in [2.24, 2.45) is 5.73 Å². The standard InChI is InChI=1S/C17H16N2O2/c1-2-5-14(18)17(20)19-11-8-9-16-13(10-11)12-6-3-4-7-15(12)21-16/h2-4,6-10,14H,1,5,18H2,(H,19,20). The van der Waals surface area contributed by atoms with Gasteiger partial charge in [-0.1, -0.05) is 24.3 Å². The fourth-order valence-corrected chi connectivity index (χ4v) is 2.33. The van der Waals surface area contributed by atoms with Crippen LogP contribution in [0.4, 0.5) is 5.69 Å². The molecule has 0 aliphatic heterocycles. The summed E-state index contributed by atoms with van der Waals surface area (Å²) in [6.45, 7) is 3.59. The van der Waals surface area contributed by atoms with Gasteiger partial charge in [0.2, 0.25) is 5.91 Å². The number of hydrogen-bond acceptors (Lipinski definition) is 3. The van der Waals surface area contributed by atoms with E-state index in [4.69, 9.17) is 10.2 Å². The normalized spacial score (nSPS) is 12.4. The molecule has 0 spiro atoms. The molecule has 0 saturated carbocycles. The van der Waals surface area contributed by atoms with Gasteiger partial charge in [0.05, 0.1) is 6.04 Å². The Morgan fingerprint density at radius 3 is 2.81 bits per heavy atom. The molecule has 0 bridgehead atoms. The van der Waals surface area contributed by atoms with Gasteiger partial charge in [-0.15, -0.1) is 6.58 Å². The third kappa shape index (κ3) is 2.53. The Balaban J connectivity index is 1.95. The molecule has 2 aromatic carbocycles. The predicted octanol–water partition coefficient (Wildman–Crippen LogP) is 3.43. The number of carbonyl (C=O) groups is 1. The molecular formula is C17H16N2O2. The first-order valence-electron chi connectivity index (χ1n) is 6.77. The van der Waals surface area contributed by atoms with Crippen LogP contribution in [0.25, 0.3) is 21.9 Å². The molecule has 1 amide bonds. The summed E-state index contributed by atoms with van der Waals surface area (Å²) in [6, 6.07) is 12.8. The van der Waals surface area contributed by atoms with E-state index in [1.165, 1.54) is 0 Å². The number of anilines is 1. The number of nitrogens with two attached hydrogens (primary N) is 1. The lowest BCUT2D eigenvalue weighted by molar-refractivity contribution is -0.117. The monoisotopic (exact) mass is 280 g/mol. The van der Waals surface area contributed by atoms with Crippen LogP contribution in [0.1, 0.15) is 6.42 Å². The number of nitrogens with one attached hydrogen (secondary N) is 1. The fourth-order valence-electron chi connectivity index (χ4n) is 2.33. The van der Waals surface area contributed by atoms with Crippen LogP contribution in [0.3, 0.4) is 0 Å². The maximum Gasteiger partial charge on any atom is 0.241 e. The van der Waals surface area contributed by atoms with Crippen molar-refractivity contribution in [3.63, 3.8) is 0 Å². The second-order valence-electron chi connectivity index (χ2n) is 4.93. The molecule has 4 heteroatoms. The number of amides is 1. The van der Waals surface area contributed by atoms with Crippen LogP contribution in [0.2, 0.25) is 0 Å². The zero-order valence-corrected chi connectivity index (χ0v) is 11.5. The zero-order chi connectivity index (χ0) is 14.8. The van der Waals surface area contributed by atoms with Gasteiger partial charge in [-0.3, -0.25) is 4.79 Å². The molecule has 3 aromatic rings. The molecule has 1 unspecified atom stereocenters. The summed E-state index contributed by atoms with van der Waals surface area (Å²) in [7, 11) is 0. The third-order valence-electron chi connectivity index (χ3n) is 3.40. The van der Waals surface area contributed by atoms with Gasteiger partial charge < -0.3 is 15.5 Å². The molecule has 106 valence electrons. The SMILES string of the molecule is C=CCC(N)C(=O)Nc1ccc2oc3ccccc3c2c1. The number of benzene rings is 2. The molecule has 0 aliphatic carbocycles. The summed E-state index contributed by atoms with van der Waals surface area (Å²) in [5.74, 6) is -0.220. The lowest BCUT2D eigenvalue weighted by Crippen LogP contribution is -2.35. The summed E-state index contributed by atoms with van der Waals surface area (Å²) >= 11 is 0. The highest BCUT2D eigenvalue weighted by Gasteiger charge is 2.13. The van der Waals surface area contributed by atoms with Gasteiger partial charge in [0.25, 0.3) is 0 Å². The molecule has 0 fully saturated rings. The predicted molar refractivity (Wildman–Crippen MR) is 85.1 cm³/mol. The van der Waals surface area contributed by atoms with E-state index in [1.54, 1.807) is 6.08 Å². The van der Waals surface area contributed by atoms with Crippen LogP contribution < -0.4 is 11.1 Å². The molecule has 1 aromatic heterocycles. The Morgan fingerprint density at radius 2 is 2.00 bits per heavy atom. The first kappa shape index (κ1) is 13.4. The summed E-state index contributed by atoms with van der Waals surface area (Å²) in [4.78, 5) is 11.9. The molecule has 4 nitrogen and oxygen atoms in total. The first-order valence-corrected chi connectivity index (χ1v) is 6.77. The Labute approximate surface area is 122 Å². The molecule has 1 atom stereocenters. The fraction of sp³-hybridized carbons (Fsp3) is 0.118. The molecule has 3 N–H and O–H groups in total. The van der Waals surface area contributed by atoms with E-state index < -0.39 is 6.04 Å². The molecule has 21 heavy (non-hydrogen) atoms. The van der Waals surface area contributed by atoms with Crippen molar-refractivity contribution in [3.8, 4) is 0 Å². The van der Waals surface area contributed by atoms with Gasteiger partial charge in [-0.2, -0.15) is 0 Å². The Hall–Kier alpha value is -2.59. The molecule has 3 rings (SSSR count). The maximum absolute atomic E-state index is 11.9. The van der Waals surface area contributed by atoms with E-state index in [9.17, 15) is 4.79 Å². The van der Waals surface area contributed by atoms with E-state index in [1.807, 2.05) is 42.5 Å². The van der Waals surface area contributed by atoms with Crippen molar-refractivity contribution >= 4 is 33.5 Å². The van der Waals surface area contributed by atoms with E-state index in [0.29, 0.717) is 12.1 Å². The highest BCUT2D eigenvalue weighted by Crippen LogP contribution is 2.30. The number of carbonyl (C=O) groups excluding carboxylic acids is 1. The second kappa shape index (κ2) is 5.42. The molecular weight excluding hydrogens is 264 g/mol.